The number of hydrogen-bond acceptors (Lipinski definition) is 6. The van der Waals surface area contributed by atoms with Crippen LogP contribution in [0.1, 0.15) is 66.1 Å². The molecule has 1 aliphatic heterocycles. The van der Waals surface area contributed by atoms with Gasteiger partial charge in [-0.05, 0) is 92.7 Å². The van der Waals surface area contributed by atoms with Crippen LogP contribution in [-0.2, 0) is 11.2 Å². The number of aliphatic hydroxyl groups excluding tert-OH is 1. The molecule has 0 amide bonds. The van der Waals surface area contributed by atoms with Crippen molar-refractivity contribution in [3.05, 3.63) is 95.6 Å². The first-order valence-corrected chi connectivity index (χ1v) is 14.4. The van der Waals surface area contributed by atoms with Crippen molar-refractivity contribution in [2.75, 3.05) is 26.7 Å². The third-order valence-corrected chi connectivity index (χ3v) is 8.03. The van der Waals surface area contributed by atoms with Crippen molar-refractivity contribution in [1.82, 2.24) is 4.90 Å². The minimum absolute atomic E-state index is 0.0607. The van der Waals surface area contributed by atoms with Crippen molar-refractivity contribution in [2.45, 2.75) is 51.0 Å². The van der Waals surface area contributed by atoms with E-state index >= 15 is 0 Å². The van der Waals surface area contributed by atoms with E-state index in [4.69, 9.17) is 4.74 Å². The van der Waals surface area contributed by atoms with Gasteiger partial charge in [0.25, 0.3) is 0 Å². The van der Waals surface area contributed by atoms with E-state index in [0.29, 0.717) is 55.5 Å². The lowest BCUT2D eigenvalue weighted by Crippen LogP contribution is -2.39. The van der Waals surface area contributed by atoms with Crippen molar-refractivity contribution in [2.24, 2.45) is 11.8 Å². The number of phenolic OH excluding ortho intramolecular Hbond substituents is 1. The van der Waals surface area contributed by atoms with Gasteiger partial charge in [0.05, 0.1) is 13.2 Å². The number of hydrogen-bond donors (Lipinski definition) is 2. The Hall–Kier alpha value is -3.48. The maximum absolute atomic E-state index is 13.9. The first-order chi connectivity index (χ1) is 19.4. The number of carbonyl (C=O) groups is 2. The number of ketones is 2. The maximum atomic E-state index is 13.9. The first kappa shape index (κ1) is 29.5. The molecule has 2 N–H and O–H groups in total. The molecule has 1 heterocycles. The Morgan fingerprint density at radius 2 is 1.52 bits per heavy atom. The number of carbonyl (C=O) groups excluding carboxylic acids is 2. The number of aliphatic hydroxyl groups is 1. The number of likely N-dealkylation sites (tertiary alicyclic amines) is 1. The number of methoxy groups -OCH3 is 1. The summed E-state index contributed by atoms with van der Waals surface area (Å²) in [6, 6.07) is 23.8. The molecule has 1 saturated heterocycles. The van der Waals surface area contributed by atoms with Crippen LogP contribution in [0.25, 0.3) is 0 Å². The fourth-order valence-electron chi connectivity index (χ4n) is 5.69. The molecule has 40 heavy (non-hydrogen) atoms. The average Bonchev–Trinajstić information content (AvgIpc) is 3.51. The monoisotopic (exact) mass is 543 g/mol. The molecule has 3 aromatic carbocycles. The van der Waals surface area contributed by atoms with Crippen LogP contribution >= 0.6 is 0 Å². The Morgan fingerprint density at radius 1 is 0.875 bits per heavy atom. The fourth-order valence-corrected chi connectivity index (χ4v) is 5.69. The Bertz CT molecular complexity index is 1200. The molecule has 0 bridgehead atoms. The predicted octanol–water partition coefficient (Wildman–Crippen LogP) is 6.02. The SMILES string of the molecule is COc1ccc(C(=O)CCCCC(=O)C(Cc2ccccc2)[C@H](CN2CCCC2)[C@H](O)c2ccc(O)cc2)cc1. The second-order valence-corrected chi connectivity index (χ2v) is 10.8. The van der Waals surface area contributed by atoms with Crippen molar-refractivity contribution >= 4 is 11.6 Å². The highest BCUT2D eigenvalue weighted by molar-refractivity contribution is 5.96. The van der Waals surface area contributed by atoms with E-state index in [0.717, 1.165) is 31.5 Å². The summed E-state index contributed by atoms with van der Waals surface area (Å²) in [5, 5.41) is 21.4. The van der Waals surface area contributed by atoms with Gasteiger partial charge in [-0.3, -0.25) is 9.59 Å². The third-order valence-electron chi connectivity index (χ3n) is 8.03. The van der Waals surface area contributed by atoms with Gasteiger partial charge in [-0.1, -0.05) is 42.5 Å². The maximum Gasteiger partial charge on any atom is 0.162 e. The number of benzene rings is 3. The van der Waals surface area contributed by atoms with Crippen LogP contribution in [0.3, 0.4) is 0 Å². The summed E-state index contributed by atoms with van der Waals surface area (Å²) in [7, 11) is 1.60. The minimum Gasteiger partial charge on any atom is -0.508 e. The standard InChI is InChI=1S/C34H41NO5/c1-40-29-19-15-26(16-20-29)32(37)11-5-6-12-33(38)30(23-25-9-3-2-4-10-25)31(24-35-21-7-8-22-35)34(39)27-13-17-28(36)18-14-27/h2-4,9-10,13-20,30-31,34,36,39H,5-8,11-12,21-24H2,1H3/t30?,31-,34+/m0/s1. The van der Waals surface area contributed by atoms with Gasteiger partial charge >= 0.3 is 0 Å². The van der Waals surface area contributed by atoms with Crippen molar-refractivity contribution in [3.8, 4) is 11.5 Å². The van der Waals surface area contributed by atoms with E-state index in [1.807, 2.05) is 30.3 Å². The zero-order valence-corrected chi connectivity index (χ0v) is 23.4. The Kier molecular flexibility index (Phi) is 10.9. The molecule has 4 rings (SSSR count). The van der Waals surface area contributed by atoms with Crippen LogP contribution < -0.4 is 4.74 Å². The summed E-state index contributed by atoms with van der Waals surface area (Å²) in [5.74, 6) is 0.381. The molecule has 1 fully saturated rings. The molecular formula is C34H41NO5. The highest BCUT2D eigenvalue weighted by Gasteiger charge is 2.35. The van der Waals surface area contributed by atoms with Gasteiger partial charge in [-0.25, -0.2) is 0 Å². The zero-order valence-electron chi connectivity index (χ0n) is 23.4. The molecule has 0 aromatic heterocycles. The topological polar surface area (TPSA) is 87.1 Å². The van der Waals surface area contributed by atoms with Gasteiger partial charge in [0.15, 0.2) is 5.78 Å². The summed E-state index contributed by atoms with van der Waals surface area (Å²) < 4.78 is 5.17. The molecule has 6 heteroatoms. The van der Waals surface area contributed by atoms with E-state index in [2.05, 4.69) is 4.90 Å². The molecule has 0 spiro atoms. The summed E-state index contributed by atoms with van der Waals surface area (Å²) in [6.45, 7) is 2.58. The molecule has 3 atom stereocenters. The highest BCUT2D eigenvalue weighted by Crippen LogP contribution is 2.34. The van der Waals surface area contributed by atoms with Crippen LogP contribution in [0.2, 0.25) is 0 Å². The first-order valence-electron chi connectivity index (χ1n) is 14.4. The normalized spacial score (nSPS) is 15.8. The van der Waals surface area contributed by atoms with E-state index in [1.165, 1.54) is 0 Å². The number of ether oxygens (including phenoxy) is 1. The Labute approximate surface area is 237 Å². The second-order valence-electron chi connectivity index (χ2n) is 10.8. The predicted molar refractivity (Wildman–Crippen MR) is 157 cm³/mol. The summed E-state index contributed by atoms with van der Waals surface area (Å²) in [5.41, 5.74) is 2.43. The molecule has 1 unspecified atom stereocenters. The molecule has 6 nitrogen and oxygen atoms in total. The largest absolute Gasteiger partial charge is 0.508 e. The number of Topliss-reactive ketones (excluding diaryl/α,β-unsaturated/α-hetero) is 2. The summed E-state index contributed by atoms with van der Waals surface area (Å²) >= 11 is 0. The number of nitrogens with zero attached hydrogens (tertiary/aromatic N) is 1. The number of aromatic hydroxyl groups is 1. The lowest BCUT2D eigenvalue weighted by atomic mass is 9.77. The molecule has 212 valence electrons. The van der Waals surface area contributed by atoms with E-state index < -0.39 is 6.10 Å². The van der Waals surface area contributed by atoms with Crippen molar-refractivity contribution in [1.29, 1.82) is 0 Å². The summed E-state index contributed by atoms with van der Waals surface area (Å²) in [6.07, 6.45) is 3.98. The van der Waals surface area contributed by atoms with Crippen LogP contribution in [0.4, 0.5) is 0 Å². The van der Waals surface area contributed by atoms with Crippen LogP contribution in [-0.4, -0.2) is 53.4 Å². The van der Waals surface area contributed by atoms with Crippen molar-refractivity contribution in [3.63, 3.8) is 0 Å². The molecule has 3 aromatic rings. The van der Waals surface area contributed by atoms with E-state index in [9.17, 15) is 19.8 Å². The van der Waals surface area contributed by atoms with Gasteiger partial charge in [-0.2, -0.15) is 0 Å². The van der Waals surface area contributed by atoms with Gasteiger partial charge in [0.2, 0.25) is 0 Å². The van der Waals surface area contributed by atoms with Crippen LogP contribution in [0, 0.1) is 11.8 Å². The lowest BCUT2D eigenvalue weighted by Gasteiger charge is -2.34. The van der Waals surface area contributed by atoms with E-state index in [-0.39, 0.29) is 29.2 Å². The quantitative estimate of drug-likeness (QED) is 0.180. The highest BCUT2D eigenvalue weighted by atomic mass is 16.5. The molecule has 0 aliphatic carbocycles. The molecule has 0 saturated carbocycles. The average molecular weight is 544 g/mol. The van der Waals surface area contributed by atoms with Crippen LogP contribution in [0.15, 0.2) is 78.9 Å². The van der Waals surface area contributed by atoms with Gasteiger partial charge in [0, 0.05) is 36.8 Å². The lowest BCUT2D eigenvalue weighted by molar-refractivity contribution is -0.127. The zero-order chi connectivity index (χ0) is 28.3. The number of rotatable bonds is 15. The fraction of sp³-hybridized carbons (Fsp3) is 0.412. The van der Waals surface area contributed by atoms with Gasteiger partial charge in [-0.15, -0.1) is 0 Å². The summed E-state index contributed by atoms with van der Waals surface area (Å²) in [4.78, 5) is 28.9. The minimum atomic E-state index is -0.837. The van der Waals surface area contributed by atoms with E-state index in [1.54, 1.807) is 55.6 Å². The molecule has 0 radical (unpaired) electrons. The third kappa shape index (κ3) is 8.26. The van der Waals surface area contributed by atoms with Gasteiger partial charge in [0.1, 0.15) is 17.3 Å². The van der Waals surface area contributed by atoms with Crippen LogP contribution in [0.5, 0.6) is 11.5 Å². The molecule has 1 aliphatic rings. The Morgan fingerprint density at radius 3 is 2.17 bits per heavy atom. The Balaban J connectivity index is 1.47. The van der Waals surface area contributed by atoms with Gasteiger partial charge < -0.3 is 19.8 Å². The second kappa shape index (κ2) is 14.8. The molecular weight excluding hydrogens is 502 g/mol. The smallest absolute Gasteiger partial charge is 0.162 e. The number of unbranched alkanes of at least 4 members (excludes halogenated alkanes) is 1. The van der Waals surface area contributed by atoms with Crippen molar-refractivity contribution < 1.29 is 24.5 Å². The number of phenols is 1.